The highest BCUT2D eigenvalue weighted by Gasteiger charge is 2.47. The predicted molar refractivity (Wildman–Crippen MR) is 69.9 cm³/mol. The van der Waals surface area contributed by atoms with Crippen LogP contribution in [-0.4, -0.2) is 12.1 Å². The number of ether oxygens (including phenoxy) is 1. The maximum Gasteiger partial charge on any atom is 0.119 e. The third-order valence-corrected chi connectivity index (χ3v) is 4.06. The van der Waals surface area contributed by atoms with Gasteiger partial charge >= 0.3 is 0 Å². The Morgan fingerprint density at radius 2 is 1.93 bits per heavy atom. The van der Waals surface area contributed by atoms with Gasteiger partial charge in [0.05, 0.1) is 0 Å². The molecule has 2 nitrogen and oxygen atoms in total. The van der Waals surface area contributed by atoms with Gasteiger partial charge in [-0.15, -0.1) is 0 Å². The van der Waals surface area contributed by atoms with Gasteiger partial charge in [-0.2, -0.15) is 0 Å². The number of rotatable bonds is 2. The van der Waals surface area contributed by atoms with Crippen molar-refractivity contribution in [2.45, 2.75) is 32.4 Å². The lowest BCUT2D eigenvalue weighted by molar-refractivity contribution is -0.0399. The summed E-state index contributed by atoms with van der Waals surface area (Å²) in [6.07, 6.45) is 1.21. The lowest BCUT2D eigenvalue weighted by Crippen LogP contribution is -2.60. The molecule has 0 spiro atoms. The monoisotopic (exact) mass is 317 g/mol. The number of nitrogens with two attached hydrogens (primary N) is 1. The Morgan fingerprint density at radius 3 is 2.40 bits per heavy atom. The molecular weight excluding hydrogens is 301 g/mol. The smallest absolute Gasteiger partial charge is 0.119 e. The maximum atomic E-state index is 5.94. The van der Waals surface area contributed by atoms with E-state index in [1.54, 1.807) is 0 Å². The van der Waals surface area contributed by atoms with Crippen LogP contribution >= 0.6 is 22.6 Å². The van der Waals surface area contributed by atoms with Gasteiger partial charge in [0.25, 0.3) is 0 Å². The number of benzene rings is 1. The zero-order valence-electron chi connectivity index (χ0n) is 9.03. The molecule has 2 N–H and O–H groups in total. The lowest BCUT2D eigenvalue weighted by atomic mass is 9.65. The summed E-state index contributed by atoms with van der Waals surface area (Å²) in [5.41, 5.74) is 6.04. The minimum atomic E-state index is 0.100. The van der Waals surface area contributed by atoms with Crippen molar-refractivity contribution in [3.8, 4) is 5.75 Å². The molecule has 0 aromatic heterocycles. The van der Waals surface area contributed by atoms with Crippen molar-refractivity contribution in [3.05, 3.63) is 27.8 Å². The molecule has 1 aromatic carbocycles. The first-order valence-electron chi connectivity index (χ1n) is 5.18. The molecule has 1 saturated carbocycles. The van der Waals surface area contributed by atoms with E-state index in [9.17, 15) is 0 Å². The Kier molecular flexibility index (Phi) is 2.94. The van der Waals surface area contributed by atoms with E-state index in [4.69, 9.17) is 10.5 Å². The SMILES string of the molecule is CC1(C)C(N)CC1Oc1ccc(I)cc1. The summed E-state index contributed by atoms with van der Waals surface area (Å²) in [5, 5.41) is 0. The second-order valence-corrected chi connectivity index (χ2v) is 5.97. The van der Waals surface area contributed by atoms with E-state index in [2.05, 4.69) is 48.6 Å². The van der Waals surface area contributed by atoms with Crippen molar-refractivity contribution in [3.63, 3.8) is 0 Å². The maximum absolute atomic E-state index is 5.94. The Labute approximate surface area is 104 Å². The van der Waals surface area contributed by atoms with E-state index >= 15 is 0 Å². The van der Waals surface area contributed by atoms with Crippen LogP contribution in [0.25, 0.3) is 0 Å². The van der Waals surface area contributed by atoms with Crippen LogP contribution in [0.4, 0.5) is 0 Å². The highest BCUT2D eigenvalue weighted by Crippen LogP contribution is 2.41. The number of hydrogen-bond donors (Lipinski definition) is 1. The van der Waals surface area contributed by atoms with Gasteiger partial charge in [0.2, 0.25) is 0 Å². The molecule has 82 valence electrons. The largest absolute Gasteiger partial charge is 0.490 e. The molecule has 1 aliphatic rings. The normalized spacial score (nSPS) is 28.3. The van der Waals surface area contributed by atoms with Crippen LogP contribution in [0.3, 0.4) is 0 Å². The van der Waals surface area contributed by atoms with E-state index in [1.165, 1.54) is 3.57 Å². The third kappa shape index (κ3) is 2.13. The van der Waals surface area contributed by atoms with Crippen LogP contribution in [0.1, 0.15) is 20.3 Å². The van der Waals surface area contributed by atoms with Gasteiger partial charge in [0.1, 0.15) is 11.9 Å². The molecule has 1 aliphatic carbocycles. The summed E-state index contributed by atoms with van der Waals surface area (Å²) < 4.78 is 7.13. The van der Waals surface area contributed by atoms with Crippen molar-refractivity contribution in [2.24, 2.45) is 11.1 Å². The molecule has 0 saturated heterocycles. The molecule has 0 radical (unpaired) electrons. The highest BCUT2D eigenvalue weighted by molar-refractivity contribution is 14.1. The van der Waals surface area contributed by atoms with Crippen molar-refractivity contribution in [1.82, 2.24) is 0 Å². The first-order chi connectivity index (χ1) is 7.00. The quantitative estimate of drug-likeness (QED) is 0.852. The molecule has 15 heavy (non-hydrogen) atoms. The molecule has 0 heterocycles. The molecule has 0 bridgehead atoms. The standard InChI is InChI=1S/C12H16INO/c1-12(2)10(14)7-11(12)15-9-5-3-8(13)4-6-9/h3-6,10-11H,7,14H2,1-2H3. The molecular formula is C12H16INO. The molecule has 0 aliphatic heterocycles. The van der Waals surface area contributed by atoms with Crippen molar-refractivity contribution < 1.29 is 4.74 Å². The van der Waals surface area contributed by atoms with E-state index in [1.807, 2.05) is 12.1 Å². The minimum Gasteiger partial charge on any atom is -0.490 e. The number of halogens is 1. The molecule has 3 heteroatoms. The van der Waals surface area contributed by atoms with Crippen molar-refractivity contribution in [1.29, 1.82) is 0 Å². The summed E-state index contributed by atoms with van der Waals surface area (Å²) in [4.78, 5) is 0. The lowest BCUT2D eigenvalue weighted by Gasteiger charge is -2.49. The zero-order valence-corrected chi connectivity index (χ0v) is 11.2. The van der Waals surface area contributed by atoms with Crippen molar-refractivity contribution >= 4 is 22.6 Å². The molecule has 2 atom stereocenters. The molecule has 1 fully saturated rings. The van der Waals surface area contributed by atoms with Gasteiger partial charge in [-0.25, -0.2) is 0 Å². The van der Waals surface area contributed by atoms with Gasteiger partial charge in [-0.1, -0.05) is 13.8 Å². The van der Waals surface area contributed by atoms with Crippen LogP contribution in [0, 0.1) is 8.99 Å². The average molecular weight is 317 g/mol. The van der Waals surface area contributed by atoms with E-state index < -0.39 is 0 Å². The van der Waals surface area contributed by atoms with Crippen LogP contribution < -0.4 is 10.5 Å². The summed E-state index contributed by atoms with van der Waals surface area (Å²) in [5.74, 6) is 0.945. The first kappa shape index (κ1) is 11.2. The molecule has 0 amide bonds. The van der Waals surface area contributed by atoms with E-state index in [0.717, 1.165) is 12.2 Å². The zero-order chi connectivity index (χ0) is 11.1. The van der Waals surface area contributed by atoms with Crippen LogP contribution in [0.15, 0.2) is 24.3 Å². The van der Waals surface area contributed by atoms with Crippen LogP contribution in [-0.2, 0) is 0 Å². The number of hydrogen-bond acceptors (Lipinski definition) is 2. The fourth-order valence-corrected chi connectivity index (χ4v) is 2.15. The summed E-state index contributed by atoms with van der Waals surface area (Å²) in [6, 6.07) is 8.41. The summed E-state index contributed by atoms with van der Waals surface area (Å²) in [6.45, 7) is 4.33. The van der Waals surface area contributed by atoms with Gasteiger partial charge in [-0.3, -0.25) is 0 Å². The summed E-state index contributed by atoms with van der Waals surface area (Å²) >= 11 is 2.29. The second-order valence-electron chi connectivity index (χ2n) is 4.72. The van der Waals surface area contributed by atoms with E-state index in [-0.39, 0.29) is 17.6 Å². The topological polar surface area (TPSA) is 35.2 Å². The van der Waals surface area contributed by atoms with Crippen LogP contribution in [0.2, 0.25) is 0 Å². The third-order valence-electron chi connectivity index (χ3n) is 3.35. The Morgan fingerprint density at radius 1 is 1.33 bits per heavy atom. The van der Waals surface area contributed by atoms with E-state index in [0.29, 0.717) is 0 Å². The molecule has 1 aromatic rings. The minimum absolute atomic E-state index is 0.100. The summed E-state index contributed by atoms with van der Waals surface area (Å²) in [7, 11) is 0. The molecule has 2 rings (SSSR count). The fourth-order valence-electron chi connectivity index (χ4n) is 1.79. The Hall–Kier alpha value is -0.290. The van der Waals surface area contributed by atoms with Gasteiger partial charge < -0.3 is 10.5 Å². The van der Waals surface area contributed by atoms with Gasteiger partial charge in [-0.05, 0) is 46.9 Å². The highest BCUT2D eigenvalue weighted by atomic mass is 127. The Balaban J connectivity index is 2.02. The predicted octanol–water partition coefficient (Wildman–Crippen LogP) is 2.80. The molecule has 2 unspecified atom stereocenters. The first-order valence-corrected chi connectivity index (χ1v) is 6.26. The van der Waals surface area contributed by atoms with Crippen molar-refractivity contribution in [2.75, 3.05) is 0 Å². The van der Waals surface area contributed by atoms with Crippen LogP contribution in [0.5, 0.6) is 5.75 Å². The van der Waals surface area contributed by atoms with Gasteiger partial charge in [0.15, 0.2) is 0 Å². The second kappa shape index (κ2) is 3.94. The Bertz CT molecular complexity index is 347. The average Bonchev–Trinajstić information content (AvgIpc) is 2.21. The van der Waals surface area contributed by atoms with Gasteiger partial charge in [0, 0.05) is 21.4 Å². The fraction of sp³-hybridized carbons (Fsp3) is 0.500.